The molecule has 0 spiro atoms. The predicted octanol–water partition coefficient (Wildman–Crippen LogP) is 0.0182. The molecule has 0 aliphatic rings. The second kappa shape index (κ2) is 6.31. The number of hydrogen-bond donors (Lipinski definition) is 2. The molecular formula is C10H14N2O4S. The van der Waals surface area contributed by atoms with Gasteiger partial charge in [0.2, 0.25) is 10.0 Å². The number of aromatic nitrogens is 1. The molecule has 6 nitrogen and oxygen atoms in total. The van der Waals surface area contributed by atoms with Crippen molar-refractivity contribution in [2.24, 2.45) is 0 Å². The molecule has 0 aromatic carbocycles. The average molecular weight is 258 g/mol. The van der Waals surface area contributed by atoms with E-state index in [9.17, 15) is 13.2 Å². The molecule has 0 saturated heterocycles. The zero-order chi connectivity index (χ0) is 12.7. The summed E-state index contributed by atoms with van der Waals surface area (Å²) in [5.74, 6) is -1.08. The van der Waals surface area contributed by atoms with Crippen LogP contribution in [-0.4, -0.2) is 36.8 Å². The summed E-state index contributed by atoms with van der Waals surface area (Å²) in [6, 6.07) is 3.49. The van der Waals surface area contributed by atoms with Gasteiger partial charge in [-0.2, -0.15) is 0 Å². The summed E-state index contributed by atoms with van der Waals surface area (Å²) in [7, 11) is -3.41. The van der Waals surface area contributed by atoms with Gasteiger partial charge in [0.1, 0.15) is 0 Å². The fourth-order valence-corrected chi connectivity index (χ4v) is 2.25. The monoisotopic (exact) mass is 258 g/mol. The fraction of sp³-hybridized carbons (Fsp3) is 0.400. The highest BCUT2D eigenvalue weighted by Gasteiger charge is 2.10. The molecule has 2 N–H and O–H groups in total. The number of carboxylic acid groups (broad SMARTS) is 1. The maximum Gasteiger partial charge on any atom is 0.304 e. The smallest absolute Gasteiger partial charge is 0.304 e. The van der Waals surface area contributed by atoms with Crippen LogP contribution in [0.5, 0.6) is 0 Å². The second-order valence-corrected chi connectivity index (χ2v) is 5.39. The van der Waals surface area contributed by atoms with Crippen LogP contribution in [0.1, 0.15) is 12.0 Å². The third-order valence-corrected chi connectivity index (χ3v) is 3.46. The SMILES string of the molecule is O=C(O)CCNS(=O)(=O)CCc1ccncc1. The number of sulfonamides is 1. The first-order valence-corrected chi connectivity index (χ1v) is 6.73. The van der Waals surface area contributed by atoms with E-state index in [1.165, 1.54) is 0 Å². The second-order valence-electron chi connectivity index (χ2n) is 3.46. The van der Waals surface area contributed by atoms with Crippen LogP contribution in [0, 0.1) is 0 Å². The normalized spacial score (nSPS) is 11.3. The first-order chi connectivity index (χ1) is 7.99. The van der Waals surface area contributed by atoms with Crippen molar-refractivity contribution in [1.82, 2.24) is 9.71 Å². The standard InChI is InChI=1S/C10H14N2O4S/c13-10(14)3-7-12-17(15,16)8-4-9-1-5-11-6-2-9/h1-2,5-6,12H,3-4,7-8H2,(H,13,14). The lowest BCUT2D eigenvalue weighted by atomic mass is 10.2. The minimum atomic E-state index is -3.41. The molecule has 0 aliphatic heterocycles. The van der Waals surface area contributed by atoms with Crippen molar-refractivity contribution in [1.29, 1.82) is 0 Å². The number of carbonyl (C=O) groups is 1. The van der Waals surface area contributed by atoms with Crippen LogP contribution in [0.15, 0.2) is 24.5 Å². The van der Waals surface area contributed by atoms with E-state index in [0.29, 0.717) is 6.42 Å². The van der Waals surface area contributed by atoms with Crippen LogP contribution in [0.4, 0.5) is 0 Å². The molecule has 1 aromatic rings. The molecule has 0 aliphatic carbocycles. The summed E-state index contributed by atoms with van der Waals surface area (Å²) in [6.07, 6.45) is 3.36. The Morgan fingerprint density at radius 2 is 2.00 bits per heavy atom. The first kappa shape index (κ1) is 13.6. The molecule has 1 aromatic heterocycles. The van der Waals surface area contributed by atoms with Gasteiger partial charge in [0.15, 0.2) is 0 Å². The van der Waals surface area contributed by atoms with E-state index < -0.39 is 16.0 Å². The highest BCUT2D eigenvalue weighted by molar-refractivity contribution is 7.89. The lowest BCUT2D eigenvalue weighted by Crippen LogP contribution is -2.29. The highest BCUT2D eigenvalue weighted by Crippen LogP contribution is 1.99. The molecule has 0 unspecified atom stereocenters. The van der Waals surface area contributed by atoms with Gasteiger partial charge in [0.25, 0.3) is 0 Å². The number of aryl methyl sites for hydroxylation is 1. The van der Waals surface area contributed by atoms with Crippen molar-refractivity contribution in [3.63, 3.8) is 0 Å². The van der Waals surface area contributed by atoms with Crippen LogP contribution in [0.2, 0.25) is 0 Å². The van der Waals surface area contributed by atoms with Gasteiger partial charge in [0, 0.05) is 18.9 Å². The van der Waals surface area contributed by atoms with Gasteiger partial charge in [-0.15, -0.1) is 0 Å². The molecule has 0 atom stereocenters. The summed E-state index contributed by atoms with van der Waals surface area (Å²) < 4.78 is 25.2. The number of carboxylic acids is 1. The van der Waals surface area contributed by atoms with Crippen LogP contribution >= 0.6 is 0 Å². The van der Waals surface area contributed by atoms with Gasteiger partial charge in [-0.05, 0) is 24.1 Å². The minimum Gasteiger partial charge on any atom is -0.481 e. The Kier molecular flexibility index (Phi) is 5.05. The minimum absolute atomic E-state index is 0.0589. The van der Waals surface area contributed by atoms with Crippen molar-refractivity contribution in [3.8, 4) is 0 Å². The summed E-state index contributed by atoms with van der Waals surface area (Å²) in [4.78, 5) is 14.1. The lowest BCUT2D eigenvalue weighted by molar-refractivity contribution is -0.136. The quantitative estimate of drug-likeness (QED) is 0.718. The van der Waals surface area contributed by atoms with Crippen LogP contribution in [0.25, 0.3) is 0 Å². The van der Waals surface area contributed by atoms with E-state index in [-0.39, 0.29) is 18.7 Å². The average Bonchev–Trinajstić information content (AvgIpc) is 2.27. The van der Waals surface area contributed by atoms with Crippen molar-refractivity contribution < 1.29 is 18.3 Å². The van der Waals surface area contributed by atoms with Gasteiger partial charge in [-0.3, -0.25) is 9.78 Å². The number of rotatable bonds is 7. The maximum atomic E-state index is 11.5. The van der Waals surface area contributed by atoms with E-state index in [1.807, 2.05) is 0 Å². The summed E-state index contributed by atoms with van der Waals surface area (Å²) in [5.41, 5.74) is 0.878. The van der Waals surface area contributed by atoms with Crippen LogP contribution < -0.4 is 4.72 Å². The molecule has 17 heavy (non-hydrogen) atoms. The zero-order valence-corrected chi connectivity index (χ0v) is 9.98. The van der Waals surface area contributed by atoms with Gasteiger partial charge < -0.3 is 5.11 Å². The fourth-order valence-electron chi connectivity index (χ4n) is 1.19. The number of nitrogens with one attached hydrogen (secondary N) is 1. The van der Waals surface area contributed by atoms with Gasteiger partial charge >= 0.3 is 5.97 Å². The Bertz CT molecular complexity index is 458. The number of pyridine rings is 1. The number of aliphatic carboxylic acids is 1. The summed E-state index contributed by atoms with van der Waals surface area (Å²) in [5, 5.41) is 8.38. The molecule has 0 saturated carbocycles. The van der Waals surface area contributed by atoms with E-state index in [1.54, 1.807) is 24.5 Å². The van der Waals surface area contributed by atoms with E-state index in [4.69, 9.17) is 5.11 Å². The Morgan fingerprint density at radius 1 is 1.35 bits per heavy atom. The summed E-state index contributed by atoms with van der Waals surface area (Å²) in [6.45, 7) is -0.0754. The van der Waals surface area contributed by atoms with E-state index in [0.717, 1.165) is 5.56 Å². The van der Waals surface area contributed by atoms with Crippen molar-refractivity contribution in [2.45, 2.75) is 12.8 Å². The van der Waals surface area contributed by atoms with Gasteiger partial charge in [-0.1, -0.05) is 0 Å². The van der Waals surface area contributed by atoms with Gasteiger partial charge in [0.05, 0.1) is 12.2 Å². The number of nitrogens with zero attached hydrogens (tertiary/aromatic N) is 1. The lowest BCUT2D eigenvalue weighted by Gasteiger charge is -2.05. The molecule has 7 heteroatoms. The van der Waals surface area contributed by atoms with Crippen molar-refractivity contribution in [2.75, 3.05) is 12.3 Å². The molecule has 0 amide bonds. The Hall–Kier alpha value is -1.47. The third-order valence-electron chi connectivity index (χ3n) is 2.07. The largest absolute Gasteiger partial charge is 0.481 e. The molecule has 94 valence electrons. The molecule has 1 heterocycles. The molecule has 0 bridgehead atoms. The molecule has 0 radical (unpaired) electrons. The van der Waals surface area contributed by atoms with E-state index in [2.05, 4.69) is 9.71 Å². The first-order valence-electron chi connectivity index (χ1n) is 5.07. The summed E-state index contributed by atoms with van der Waals surface area (Å²) >= 11 is 0. The van der Waals surface area contributed by atoms with Gasteiger partial charge in [-0.25, -0.2) is 13.1 Å². The Morgan fingerprint density at radius 3 is 2.59 bits per heavy atom. The van der Waals surface area contributed by atoms with E-state index >= 15 is 0 Å². The Labute approximate surface area is 99.7 Å². The zero-order valence-electron chi connectivity index (χ0n) is 9.17. The Balaban J connectivity index is 2.37. The number of hydrogen-bond acceptors (Lipinski definition) is 4. The maximum absolute atomic E-state index is 11.5. The molecular weight excluding hydrogens is 244 g/mol. The van der Waals surface area contributed by atoms with Crippen LogP contribution in [0.3, 0.4) is 0 Å². The van der Waals surface area contributed by atoms with Crippen molar-refractivity contribution >= 4 is 16.0 Å². The molecule has 1 rings (SSSR count). The highest BCUT2D eigenvalue weighted by atomic mass is 32.2. The third kappa shape index (κ3) is 5.98. The topological polar surface area (TPSA) is 96.4 Å². The van der Waals surface area contributed by atoms with Crippen molar-refractivity contribution in [3.05, 3.63) is 30.1 Å². The molecule has 0 fully saturated rings. The van der Waals surface area contributed by atoms with Crippen LogP contribution in [-0.2, 0) is 21.2 Å². The predicted molar refractivity (Wildman–Crippen MR) is 62.0 cm³/mol.